The quantitative estimate of drug-likeness (QED) is 0.867. The molecule has 0 fully saturated rings. The zero-order valence-electron chi connectivity index (χ0n) is 12.5. The van der Waals surface area contributed by atoms with Crippen LogP contribution in [0.3, 0.4) is 0 Å². The van der Waals surface area contributed by atoms with Crippen LogP contribution >= 0.6 is 0 Å². The highest BCUT2D eigenvalue weighted by Crippen LogP contribution is 2.23. The second kappa shape index (κ2) is 6.35. The van der Waals surface area contributed by atoms with Crippen LogP contribution in [0, 0.1) is 5.41 Å². The zero-order valence-corrected chi connectivity index (χ0v) is 12.5. The zero-order chi connectivity index (χ0) is 13.8. The van der Waals surface area contributed by atoms with Crippen molar-refractivity contribution in [1.29, 1.82) is 0 Å². The van der Waals surface area contributed by atoms with Crippen molar-refractivity contribution in [1.82, 2.24) is 4.90 Å². The van der Waals surface area contributed by atoms with E-state index in [-0.39, 0.29) is 0 Å². The summed E-state index contributed by atoms with van der Waals surface area (Å²) in [6.07, 6.45) is 1.09. The van der Waals surface area contributed by atoms with Gasteiger partial charge >= 0.3 is 0 Å². The van der Waals surface area contributed by atoms with Crippen LogP contribution in [0.1, 0.15) is 44.9 Å². The van der Waals surface area contributed by atoms with Crippen molar-refractivity contribution in [3.63, 3.8) is 0 Å². The molecule has 0 aliphatic carbocycles. The highest BCUT2D eigenvalue weighted by Gasteiger charge is 2.20. The lowest BCUT2D eigenvalue weighted by atomic mass is 9.94. The molecule has 0 aliphatic rings. The summed E-state index contributed by atoms with van der Waals surface area (Å²) < 4.78 is 0. The van der Waals surface area contributed by atoms with Crippen LogP contribution < -0.4 is 5.73 Å². The molecule has 2 nitrogen and oxygen atoms in total. The first kappa shape index (κ1) is 15.2. The Morgan fingerprint density at radius 2 is 1.72 bits per heavy atom. The van der Waals surface area contributed by atoms with Crippen molar-refractivity contribution in [3.05, 3.63) is 35.4 Å². The molecule has 0 amide bonds. The van der Waals surface area contributed by atoms with Gasteiger partial charge in [-0.05, 0) is 30.0 Å². The van der Waals surface area contributed by atoms with Crippen LogP contribution in [0.4, 0.5) is 0 Å². The smallest absolute Gasteiger partial charge is 0.0467 e. The van der Waals surface area contributed by atoms with Gasteiger partial charge in [-0.25, -0.2) is 0 Å². The molecular formula is C16H28N2. The number of likely N-dealkylation sites (N-methyl/N-ethyl adjacent to an activating group) is 1. The SMILES string of the molecule is CCc1ccc(C(CN)N(C)CC(C)(C)C)cc1. The molecule has 0 bridgehead atoms. The molecule has 0 saturated heterocycles. The maximum absolute atomic E-state index is 5.95. The van der Waals surface area contributed by atoms with Crippen molar-refractivity contribution in [2.24, 2.45) is 11.1 Å². The number of rotatable bonds is 5. The van der Waals surface area contributed by atoms with E-state index in [2.05, 4.69) is 63.9 Å². The Morgan fingerprint density at radius 3 is 2.11 bits per heavy atom. The predicted octanol–water partition coefficient (Wildman–Crippen LogP) is 3.23. The van der Waals surface area contributed by atoms with Gasteiger partial charge in [-0.1, -0.05) is 52.0 Å². The van der Waals surface area contributed by atoms with E-state index in [0.717, 1.165) is 13.0 Å². The van der Waals surface area contributed by atoms with E-state index in [9.17, 15) is 0 Å². The minimum Gasteiger partial charge on any atom is -0.329 e. The molecule has 1 atom stereocenters. The highest BCUT2D eigenvalue weighted by molar-refractivity contribution is 5.25. The first-order valence-electron chi connectivity index (χ1n) is 6.86. The molecule has 0 spiro atoms. The summed E-state index contributed by atoms with van der Waals surface area (Å²) in [7, 11) is 2.16. The van der Waals surface area contributed by atoms with E-state index in [1.807, 2.05) is 0 Å². The minimum atomic E-state index is 0.297. The van der Waals surface area contributed by atoms with Crippen molar-refractivity contribution in [3.8, 4) is 0 Å². The van der Waals surface area contributed by atoms with Gasteiger partial charge < -0.3 is 5.73 Å². The Hall–Kier alpha value is -0.860. The molecule has 0 saturated carbocycles. The number of hydrogen-bond donors (Lipinski definition) is 1. The van der Waals surface area contributed by atoms with E-state index in [4.69, 9.17) is 5.73 Å². The molecule has 102 valence electrons. The summed E-state index contributed by atoms with van der Waals surface area (Å²) in [5.41, 5.74) is 8.95. The molecule has 1 aromatic carbocycles. The lowest BCUT2D eigenvalue weighted by molar-refractivity contribution is 0.176. The Kier molecular flexibility index (Phi) is 5.36. The molecule has 18 heavy (non-hydrogen) atoms. The van der Waals surface area contributed by atoms with Gasteiger partial charge in [0.15, 0.2) is 0 Å². The predicted molar refractivity (Wildman–Crippen MR) is 79.7 cm³/mol. The molecule has 0 heterocycles. The van der Waals surface area contributed by atoms with E-state index >= 15 is 0 Å². The third kappa shape index (κ3) is 4.43. The number of benzene rings is 1. The van der Waals surface area contributed by atoms with E-state index < -0.39 is 0 Å². The molecule has 0 radical (unpaired) electrons. The Labute approximate surface area is 112 Å². The second-order valence-electron chi connectivity index (χ2n) is 6.32. The topological polar surface area (TPSA) is 29.3 Å². The molecule has 0 aromatic heterocycles. The van der Waals surface area contributed by atoms with Crippen molar-refractivity contribution in [2.75, 3.05) is 20.1 Å². The standard InChI is InChI=1S/C16H28N2/c1-6-13-7-9-14(10-8-13)15(11-17)18(5)12-16(2,3)4/h7-10,15H,6,11-12,17H2,1-5H3. The number of hydrogen-bond acceptors (Lipinski definition) is 2. The average Bonchev–Trinajstić information content (AvgIpc) is 2.28. The maximum Gasteiger partial charge on any atom is 0.0467 e. The minimum absolute atomic E-state index is 0.297. The first-order chi connectivity index (χ1) is 8.37. The third-order valence-corrected chi connectivity index (χ3v) is 3.25. The monoisotopic (exact) mass is 248 g/mol. The van der Waals surface area contributed by atoms with Crippen LogP contribution in [0.2, 0.25) is 0 Å². The summed E-state index contributed by atoms with van der Waals surface area (Å²) >= 11 is 0. The Balaban J connectivity index is 2.81. The molecular weight excluding hydrogens is 220 g/mol. The van der Waals surface area contributed by atoms with Crippen LogP contribution in [-0.4, -0.2) is 25.0 Å². The molecule has 2 heteroatoms. The van der Waals surface area contributed by atoms with Gasteiger partial charge in [-0.2, -0.15) is 0 Å². The highest BCUT2D eigenvalue weighted by atomic mass is 15.1. The average molecular weight is 248 g/mol. The van der Waals surface area contributed by atoms with Gasteiger partial charge in [0.05, 0.1) is 0 Å². The number of aryl methyl sites for hydroxylation is 1. The van der Waals surface area contributed by atoms with Gasteiger partial charge in [0.25, 0.3) is 0 Å². The maximum atomic E-state index is 5.95. The summed E-state index contributed by atoms with van der Waals surface area (Å²) in [6.45, 7) is 10.7. The first-order valence-corrected chi connectivity index (χ1v) is 6.86. The Morgan fingerprint density at radius 1 is 1.17 bits per heavy atom. The molecule has 1 rings (SSSR count). The summed E-state index contributed by atoms with van der Waals surface area (Å²) in [5, 5.41) is 0. The van der Waals surface area contributed by atoms with E-state index in [1.54, 1.807) is 0 Å². The van der Waals surface area contributed by atoms with Gasteiger partial charge in [0, 0.05) is 19.1 Å². The molecule has 2 N–H and O–H groups in total. The van der Waals surface area contributed by atoms with Gasteiger partial charge in [0.1, 0.15) is 0 Å². The third-order valence-electron chi connectivity index (χ3n) is 3.25. The van der Waals surface area contributed by atoms with Crippen LogP contribution in [0.5, 0.6) is 0 Å². The van der Waals surface area contributed by atoms with Crippen LogP contribution in [0.25, 0.3) is 0 Å². The van der Waals surface area contributed by atoms with Gasteiger partial charge in [0.2, 0.25) is 0 Å². The largest absolute Gasteiger partial charge is 0.329 e. The van der Waals surface area contributed by atoms with E-state index in [0.29, 0.717) is 18.0 Å². The van der Waals surface area contributed by atoms with Crippen LogP contribution in [0.15, 0.2) is 24.3 Å². The lowest BCUT2D eigenvalue weighted by Crippen LogP contribution is -2.36. The molecule has 1 unspecified atom stereocenters. The molecule has 1 aromatic rings. The molecule has 0 aliphatic heterocycles. The van der Waals surface area contributed by atoms with E-state index in [1.165, 1.54) is 11.1 Å². The lowest BCUT2D eigenvalue weighted by Gasteiger charge is -2.33. The van der Waals surface area contributed by atoms with Crippen LogP contribution in [-0.2, 0) is 6.42 Å². The van der Waals surface area contributed by atoms with Gasteiger partial charge in [-0.3, -0.25) is 4.90 Å². The fourth-order valence-electron chi connectivity index (χ4n) is 2.40. The summed E-state index contributed by atoms with van der Waals surface area (Å²) in [5.74, 6) is 0. The second-order valence-corrected chi connectivity index (χ2v) is 6.32. The fraction of sp³-hybridized carbons (Fsp3) is 0.625. The van der Waals surface area contributed by atoms with Crippen molar-refractivity contribution < 1.29 is 0 Å². The Bertz CT molecular complexity index is 348. The van der Waals surface area contributed by atoms with Crippen molar-refractivity contribution in [2.45, 2.75) is 40.2 Å². The number of nitrogens with zero attached hydrogens (tertiary/aromatic N) is 1. The summed E-state index contributed by atoms with van der Waals surface area (Å²) in [6, 6.07) is 9.17. The van der Waals surface area contributed by atoms with Crippen molar-refractivity contribution >= 4 is 0 Å². The normalized spacial score (nSPS) is 13.9. The summed E-state index contributed by atoms with van der Waals surface area (Å²) in [4.78, 5) is 2.36. The number of nitrogens with two attached hydrogens (primary N) is 1. The van der Waals surface area contributed by atoms with Gasteiger partial charge in [-0.15, -0.1) is 0 Å². The fourth-order valence-corrected chi connectivity index (χ4v) is 2.40.